The quantitative estimate of drug-likeness (QED) is 0.774. The molecule has 0 saturated heterocycles. The van der Waals surface area contributed by atoms with Crippen LogP contribution in [0.2, 0.25) is 0 Å². The van der Waals surface area contributed by atoms with Crippen LogP contribution in [0.4, 0.5) is 5.69 Å². The smallest absolute Gasteiger partial charge is 0.223 e. The number of rotatable bonds is 4. The molecule has 0 aliphatic carbocycles. The fourth-order valence-electron chi connectivity index (χ4n) is 2.37. The average molecular weight is 260 g/mol. The highest BCUT2D eigenvalue weighted by Gasteiger charge is 2.22. The summed E-state index contributed by atoms with van der Waals surface area (Å²) in [6.07, 6.45) is 1.37. The van der Waals surface area contributed by atoms with Gasteiger partial charge in [0.05, 0.1) is 0 Å². The Morgan fingerprint density at radius 1 is 1.32 bits per heavy atom. The molecule has 1 aromatic rings. The summed E-state index contributed by atoms with van der Waals surface area (Å²) in [5, 5.41) is 0. The van der Waals surface area contributed by atoms with Crippen molar-refractivity contribution < 1.29 is 9.59 Å². The Kier molecular flexibility index (Phi) is 4.00. The van der Waals surface area contributed by atoms with E-state index in [2.05, 4.69) is 0 Å². The van der Waals surface area contributed by atoms with Crippen molar-refractivity contribution in [1.29, 1.82) is 0 Å². The van der Waals surface area contributed by atoms with Crippen LogP contribution in [0.5, 0.6) is 0 Å². The van der Waals surface area contributed by atoms with E-state index in [1.807, 2.05) is 37.2 Å². The number of amides is 1. The maximum absolute atomic E-state index is 12.1. The van der Waals surface area contributed by atoms with Crippen molar-refractivity contribution in [3.05, 3.63) is 29.3 Å². The molecule has 1 aromatic carbocycles. The second-order valence-corrected chi connectivity index (χ2v) is 5.24. The second-order valence-electron chi connectivity index (χ2n) is 5.24. The maximum Gasteiger partial charge on any atom is 0.223 e. The third-order valence-corrected chi connectivity index (χ3v) is 3.46. The molecule has 1 aliphatic rings. The first-order valence-corrected chi connectivity index (χ1v) is 6.58. The number of nitrogens with zero attached hydrogens (tertiary/aromatic N) is 2. The molecule has 1 heterocycles. The lowest BCUT2D eigenvalue weighted by Crippen LogP contribution is -2.25. The number of ketones is 1. The molecule has 0 radical (unpaired) electrons. The molecule has 0 fully saturated rings. The number of benzene rings is 1. The van der Waals surface area contributed by atoms with Crippen LogP contribution >= 0.6 is 0 Å². The van der Waals surface area contributed by atoms with E-state index in [1.165, 1.54) is 0 Å². The normalized spacial score (nSPS) is 13.8. The highest BCUT2D eigenvalue weighted by Crippen LogP contribution is 2.29. The van der Waals surface area contributed by atoms with Crippen LogP contribution in [0.25, 0.3) is 0 Å². The van der Waals surface area contributed by atoms with Gasteiger partial charge in [0, 0.05) is 37.7 Å². The van der Waals surface area contributed by atoms with Gasteiger partial charge >= 0.3 is 0 Å². The molecule has 0 bridgehead atoms. The van der Waals surface area contributed by atoms with Crippen LogP contribution in [-0.2, 0) is 11.2 Å². The highest BCUT2D eigenvalue weighted by molar-refractivity contribution is 5.99. The fraction of sp³-hybridized carbons (Fsp3) is 0.467. The van der Waals surface area contributed by atoms with Crippen molar-refractivity contribution in [2.45, 2.75) is 19.8 Å². The summed E-state index contributed by atoms with van der Waals surface area (Å²) in [5.41, 5.74) is 2.81. The zero-order valence-corrected chi connectivity index (χ0v) is 11.8. The van der Waals surface area contributed by atoms with Gasteiger partial charge in [-0.2, -0.15) is 0 Å². The van der Waals surface area contributed by atoms with Gasteiger partial charge in [-0.1, -0.05) is 0 Å². The summed E-state index contributed by atoms with van der Waals surface area (Å²) < 4.78 is 0. The molecular formula is C15H20N2O2. The Labute approximate surface area is 114 Å². The Morgan fingerprint density at radius 3 is 2.68 bits per heavy atom. The Bertz CT molecular complexity index is 509. The van der Waals surface area contributed by atoms with Crippen LogP contribution < -0.4 is 4.90 Å². The zero-order chi connectivity index (χ0) is 14.0. The molecule has 0 spiro atoms. The highest BCUT2D eigenvalue weighted by atomic mass is 16.2. The van der Waals surface area contributed by atoms with Gasteiger partial charge in [0.25, 0.3) is 0 Å². The third-order valence-electron chi connectivity index (χ3n) is 3.46. The first-order chi connectivity index (χ1) is 8.99. The summed E-state index contributed by atoms with van der Waals surface area (Å²) in [5.74, 6) is 0.225. The van der Waals surface area contributed by atoms with Gasteiger partial charge in [0.1, 0.15) is 0 Å². The zero-order valence-electron chi connectivity index (χ0n) is 11.8. The van der Waals surface area contributed by atoms with Gasteiger partial charge < -0.3 is 9.80 Å². The lowest BCUT2D eigenvalue weighted by atomic mass is 10.0. The minimum absolute atomic E-state index is 0.0606. The first-order valence-electron chi connectivity index (χ1n) is 6.58. The number of fused-ring (bicyclic) bond motifs is 1. The number of carbonyl (C=O) groups excluding carboxylic acids is 2. The summed E-state index contributed by atoms with van der Waals surface area (Å²) >= 11 is 0. The van der Waals surface area contributed by atoms with E-state index in [1.54, 1.807) is 11.8 Å². The molecule has 2 rings (SSSR count). The maximum atomic E-state index is 12.1. The molecule has 1 amide bonds. The van der Waals surface area contributed by atoms with Crippen LogP contribution in [0.1, 0.15) is 29.3 Å². The van der Waals surface area contributed by atoms with Crippen molar-refractivity contribution in [3.8, 4) is 0 Å². The van der Waals surface area contributed by atoms with Crippen molar-refractivity contribution in [3.63, 3.8) is 0 Å². The molecule has 0 N–H and O–H groups in total. The molecule has 0 saturated carbocycles. The van der Waals surface area contributed by atoms with Crippen molar-refractivity contribution in [1.82, 2.24) is 4.90 Å². The minimum atomic E-state index is 0.0606. The fourth-order valence-corrected chi connectivity index (χ4v) is 2.37. The third kappa shape index (κ3) is 3.01. The van der Waals surface area contributed by atoms with Gasteiger partial charge in [-0.15, -0.1) is 0 Å². The second kappa shape index (κ2) is 5.53. The molecule has 102 valence electrons. The number of hydrogen-bond acceptors (Lipinski definition) is 3. The standard InChI is InChI=1S/C15H20N2O2/c1-11(18)17-9-6-12-10-13(4-5-14(12)17)15(19)7-8-16(2)3/h4-5,10H,6-9H2,1-3H3. The number of hydrogen-bond donors (Lipinski definition) is 0. The van der Waals surface area contributed by atoms with E-state index in [4.69, 9.17) is 0 Å². The van der Waals surface area contributed by atoms with E-state index < -0.39 is 0 Å². The topological polar surface area (TPSA) is 40.6 Å². The lowest BCUT2D eigenvalue weighted by molar-refractivity contribution is -0.116. The monoisotopic (exact) mass is 260 g/mol. The van der Waals surface area contributed by atoms with E-state index in [0.717, 1.165) is 36.3 Å². The van der Waals surface area contributed by atoms with E-state index in [0.29, 0.717) is 6.42 Å². The van der Waals surface area contributed by atoms with Gasteiger partial charge in [-0.05, 0) is 44.3 Å². The van der Waals surface area contributed by atoms with Crippen LogP contribution in [0.3, 0.4) is 0 Å². The van der Waals surface area contributed by atoms with Crippen LogP contribution in [0.15, 0.2) is 18.2 Å². The van der Waals surface area contributed by atoms with Gasteiger partial charge in [0.15, 0.2) is 5.78 Å². The molecule has 1 aliphatic heterocycles. The van der Waals surface area contributed by atoms with Crippen molar-refractivity contribution in [2.24, 2.45) is 0 Å². The van der Waals surface area contributed by atoms with Crippen LogP contribution in [0, 0.1) is 0 Å². The van der Waals surface area contributed by atoms with Gasteiger partial charge in [-0.25, -0.2) is 0 Å². The molecular weight excluding hydrogens is 240 g/mol. The van der Waals surface area contributed by atoms with Gasteiger partial charge in [-0.3, -0.25) is 9.59 Å². The van der Waals surface area contributed by atoms with E-state index in [-0.39, 0.29) is 11.7 Å². The summed E-state index contributed by atoms with van der Waals surface area (Å²) in [6, 6.07) is 5.67. The summed E-state index contributed by atoms with van der Waals surface area (Å²) in [6.45, 7) is 3.06. The molecule has 19 heavy (non-hydrogen) atoms. The largest absolute Gasteiger partial charge is 0.312 e. The molecule has 0 aromatic heterocycles. The predicted molar refractivity (Wildman–Crippen MR) is 75.7 cm³/mol. The molecule has 0 unspecified atom stereocenters. The average Bonchev–Trinajstić information content (AvgIpc) is 2.78. The van der Waals surface area contributed by atoms with Crippen molar-refractivity contribution >= 4 is 17.4 Å². The Balaban J connectivity index is 2.14. The van der Waals surface area contributed by atoms with Crippen LogP contribution in [-0.4, -0.2) is 43.8 Å². The molecule has 0 atom stereocenters. The molecule has 4 heteroatoms. The predicted octanol–water partition coefficient (Wildman–Crippen LogP) is 1.73. The number of Topliss-reactive ketones (excluding diaryl/α,β-unsaturated/α-hetero) is 1. The number of anilines is 1. The minimum Gasteiger partial charge on any atom is -0.312 e. The van der Waals surface area contributed by atoms with E-state index in [9.17, 15) is 9.59 Å². The van der Waals surface area contributed by atoms with E-state index >= 15 is 0 Å². The summed E-state index contributed by atoms with van der Waals surface area (Å²) in [7, 11) is 3.92. The number of carbonyl (C=O) groups is 2. The molecule has 4 nitrogen and oxygen atoms in total. The lowest BCUT2D eigenvalue weighted by Gasteiger charge is -2.15. The Morgan fingerprint density at radius 2 is 2.05 bits per heavy atom. The SMILES string of the molecule is CC(=O)N1CCc2cc(C(=O)CCN(C)C)ccc21. The summed E-state index contributed by atoms with van der Waals surface area (Å²) in [4.78, 5) is 27.3. The van der Waals surface area contributed by atoms with Gasteiger partial charge in [0.2, 0.25) is 5.91 Å². The first kappa shape index (κ1) is 13.7. The van der Waals surface area contributed by atoms with Crippen molar-refractivity contribution in [2.75, 3.05) is 32.1 Å². The Hall–Kier alpha value is -1.68.